The molecule has 0 radical (unpaired) electrons. The van der Waals surface area contributed by atoms with Crippen molar-refractivity contribution in [3.8, 4) is 0 Å². The third kappa shape index (κ3) is 2.45. The maximum atomic E-state index is 13.1. The number of rotatable bonds is 1. The van der Waals surface area contributed by atoms with Gasteiger partial charge in [0.1, 0.15) is 10.6 Å². The molecule has 6 heteroatoms. The van der Waals surface area contributed by atoms with Gasteiger partial charge in [-0.2, -0.15) is 0 Å². The Hall–Kier alpha value is -1.56. The second kappa shape index (κ2) is 4.52. The molecule has 19 heavy (non-hydrogen) atoms. The molecule has 0 spiro atoms. The van der Waals surface area contributed by atoms with Crippen molar-refractivity contribution >= 4 is 28.2 Å². The van der Waals surface area contributed by atoms with Gasteiger partial charge in [-0.1, -0.05) is 12.2 Å². The number of piperidine rings is 1. The Kier molecular flexibility index (Phi) is 2.97. The van der Waals surface area contributed by atoms with Crippen LogP contribution in [0.25, 0.3) is 11.0 Å². The van der Waals surface area contributed by atoms with Crippen molar-refractivity contribution in [2.24, 2.45) is 0 Å². The number of aromatic amines is 1. The third-order valence-corrected chi connectivity index (χ3v) is 3.92. The standard InChI is InChI=1S/C13H13F2N3S/c14-13(15)2-5-18(6-3-13)12(19)10-7-9-1-4-16-11(9)17-8-10/h1,4,7-8H,2-3,5-6H2,(H,16,17). The number of H-pyrrole nitrogens is 1. The van der Waals surface area contributed by atoms with Gasteiger partial charge in [0.2, 0.25) is 0 Å². The van der Waals surface area contributed by atoms with E-state index in [1.165, 1.54) is 0 Å². The fourth-order valence-corrected chi connectivity index (χ4v) is 2.57. The highest BCUT2D eigenvalue weighted by Gasteiger charge is 2.34. The Labute approximate surface area is 114 Å². The second-order valence-electron chi connectivity index (χ2n) is 4.79. The Morgan fingerprint density at radius 2 is 2.11 bits per heavy atom. The van der Waals surface area contributed by atoms with E-state index < -0.39 is 5.92 Å². The Bertz CT molecular complexity index is 613. The minimum absolute atomic E-state index is 0.132. The molecule has 1 aliphatic rings. The molecule has 0 saturated carbocycles. The molecule has 100 valence electrons. The van der Waals surface area contributed by atoms with Crippen molar-refractivity contribution in [2.45, 2.75) is 18.8 Å². The first-order chi connectivity index (χ1) is 9.05. The number of hydrogen-bond acceptors (Lipinski definition) is 2. The summed E-state index contributed by atoms with van der Waals surface area (Å²) in [5, 5.41) is 0.974. The lowest BCUT2D eigenvalue weighted by Crippen LogP contribution is -2.42. The maximum absolute atomic E-state index is 13.1. The van der Waals surface area contributed by atoms with Crippen molar-refractivity contribution < 1.29 is 8.78 Å². The predicted octanol–water partition coefficient (Wildman–Crippen LogP) is 2.97. The average molecular weight is 281 g/mol. The molecule has 0 aromatic carbocycles. The Morgan fingerprint density at radius 3 is 2.84 bits per heavy atom. The lowest BCUT2D eigenvalue weighted by Gasteiger charge is -2.33. The van der Waals surface area contributed by atoms with Crippen LogP contribution in [-0.2, 0) is 0 Å². The lowest BCUT2D eigenvalue weighted by molar-refractivity contribution is -0.0430. The number of nitrogens with zero attached hydrogens (tertiary/aromatic N) is 2. The van der Waals surface area contributed by atoms with Gasteiger partial charge in [-0.05, 0) is 12.1 Å². The van der Waals surface area contributed by atoms with Gasteiger partial charge < -0.3 is 9.88 Å². The minimum Gasteiger partial charge on any atom is -0.362 e. The first-order valence-electron chi connectivity index (χ1n) is 6.15. The highest BCUT2D eigenvalue weighted by atomic mass is 32.1. The summed E-state index contributed by atoms with van der Waals surface area (Å²) in [5.74, 6) is -2.55. The number of halogens is 2. The molecule has 1 fully saturated rings. The van der Waals surface area contributed by atoms with Crippen molar-refractivity contribution in [3.63, 3.8) is 0 Å². The number of fused-ring (bicyclic) bond motifs is 1. The van der Waals surface area contributed by atoms with E-state index in [0.717, 1.165) is 16.6 Å². The van der Waals surface area contributed by atoms with Crippen LogP contribution in [0.3, 0.4) is 0 Å². The average Bonchev–Trinajstić information content (AvgIpc) is 2.85. The van der Waals surface area contributed by atoms with Gasteiger partial charge in [0, 0.05) is 49.3 Å². The number of thiocarbonyl (C=S) groups is 1. The summed E-state index contributed by atoms with van der Waals surface area (Å²) in [6.07, 6.45) is 3.24. The molecule has 1 N–H and O–H groups in total. The number of alkyl halides is 2. The van der Waals surface area contributed by atoms with E-state index in [9.17, 15) is 8.78 Å². The van der Waals surface area contributed by atoms with Gasteiger partial charge >= 0.3 is 0 Å². The summed E-state index contributed by atoms with van der Waals surface area (Å²) >= 11 is 5.38. The maximum Gasteiger partial charge on any atom is 0.251 e. The fourth-order valence-electron chi connectivity index (χ4n) is 2.28. The van der Waals surface area contributed by atoms with Crippen molar-refractivity contribution in [1.82, 2.24) is 14.9 Å². The zero-order chi connectivity index (χ0) is 13.5. The zero-order valence-electron chi connectivity index (χ0n) is 10.2. The summed E-state index contributed by atoms with van der Waals surface area (Å²) in [6.45, 7) is 0.605. The van der Waals surface area contributed by atoms with E-state index in [-0.39, 0.29) is 12.8 Å². The molecular weight excluding hydrogens is 268 g/mol. The predicted molar refractivity (Wildman–Crippen MR) is 73.5 cm³/mol. The van der Waals surface area contributed by atoms with Crippen molar-refractivity contribution in [1.29, 1.82) is 0 Å². The van der Waals surface area contributed by atoms with Gasteiger partial charge in [0.15, 0.2) is 0 Å². The number of hydrogen-bond donors (Lipinski definition) is 1. The number of aromatic nitrogens is 2. The van der Waals surface area contributed by atoms with E-state index in [4.69, 9.17) is 12.2 Å². The van der Waals surface area contributed by atoms with Crippen LogP contribution in [0.15, 0.2) is 24.5 Å². The molecule has 1 saturated heterocycles. The normalized spacial score (nSPS) is 18.7. The molecule has 1 aliphatic heterocycles. The van der Waals surface area contributed by atoms with Crippen LogP contribution in [0.1, 0.15) is 18.4 Å². The van der Waals surface area contributed by atoms with E-state index >= 15 is 0 Å². The molecule has 0 amide bonds. The molecule has 0 atom stereocenters. The fraction of sp³-hybridized carbons (Fsp3) is 0.385. The van der Waals surface area contributed by atoms with E-state index in [1.807, 2.05) is 23.2 Å². The van der Waals surface area contributed by atoms with Gasteiger partial charge in [0.25, 0.3) is 5.92 Å². The van der Waals surface area contributed by atoms with Crippen LogP contribution in [0.2, 0.25) is 0 Å². The number of likely N-dealkylation sites (tertiary alicyclic amines) is 1. The van der Waals surface area contributed by atoms with Crippen LogP contribution in [-0.4, -0.2) is 38.9 Å². The molecule has 2 aromatic heterocycles. The quantitative estimate of drug-likeness (QED) is 0.816. The van der Waals surface area contributed by atoms with Crippen LogP contribution in [0.5, 0.6) is 0 Å². The van der Waals surface area contributed by atoms with Gasteiger partial charge in [-0.25, -0.2) is 13.8 Å². The van der Waals surface area contributed by atoms with Gasteiger partial charge in [-0.15, -0.1) is 0 Å². The van der Waals surface area contributed by atoms with Crippen LogP contribution in [0, 0.1) is 0 Å². The van der Waals surface area contributed by atoms with Crippen molar-refractivity contribution in [2.75, 3.05) is 13.1 Å². The summed E-state index contributed by atoms with van der Waals surface area (Å²) in [6, 6.07) is 3.85. The topological polar surface area (TPSA) is 31.9 Å². The molecule has 3 heterocycles. The molecule has 3 rings (SSSR count). The van der Waals surface area contributed by atoms with Gasteiger partial charge in [-0.3, -0.25) is 0 Å². The van der Waals surface area contributed by atoms with E-state index in [1.54, 1.807) is 6.20 Å². The minimum atomic E-state index is -2.55. The number of pyridine rings is 1. The summed E-state index contributed by atoms with van der Waals surface area (Å²) in [4.78, 5) is 9.72. The SMILES string of the molecule is FC1(F)CCN(C(=S)c2cnc3[nH]ccc3c2)CC1. The largest absolute Gasteiger partial charge is 0.362 e. The Balaban J connectivity index is 1.80. The zero-order valence-corrected chi connectivity index (χ0v) is 11.0. The van der Waals surface area contributed by atoms with Crippen LogP contribution >= 0.6 is 12.2 Å². The summed E-state index contributed by atoms with van der Waals surface area (Å²) in [5.41, 5.74) is 1.61. The molecule has 2 aromatic rings. The Morgan fingerprint density at radius 1 is 1.37 bits per heavy atom. The van der Waals surface area contributed by atoms with Crippen LogP contribution < -0.4 is 0 Å². The monoisotopic (exact) mass is 281 g/mol. The second-order valence-corrected chi connectivity index (χ2v) is 5.17. The highest BCUT2D eigenvalue weighted by molar-refractivity contribution is 7.80. The van der Waals surface area contributed by atoms with E-state index in [2.05, 4.69) is 9.97 Å². The van der Waals surface area contributed by atoms with Crippen LogP contribution in [0.4, 0.5) is 8.78 Å². The van der Waals surface area contributed by atoms with E-state index in [0.29, 0.717) is 18.1 Å². The molecular formula is C13H13F2N3S. The van der Waals surface area contributed by atoms with Gasteiger partial charge in [0.05, 0.1) is 0 Å². The van der Waals surface area contributed by atoms with Crippen molar-refractivity contribution in [3.05, 3.63) is 30.1 Å². The third-order valence-electron chi connectivity index (χ3n) is 3.43. The molecule has 0 unspecified atom stereocenters. The molecule has 3 nitrogen and oxygen atoms in total. The smallest absolute Gasteiger partial charge is 0.251 e. The number of nitrogens with one attached hydrogen (secondary N) is 1. The lowest BCUT2D eigenvalue weighted by atomic mass is 10.1. The molecule has 0 aliphatic carbocycles. The summed E-state index contributed by atoms with van der Waals surface area (Å²) in [7, 11) is 0. The first kappa shape index (κ1) is 12.5. The molecule has 0 bridgehead atoms. The highest BCUT2D eigenvalue weighted by Crippen LogP contribution is 2.28. The summed E-state index contributed by atoms with van der Waals surface area (Å²) < 4.78 is 26.2. The first-order valence-corrected chi connectivity index (χ1v) is 6.56.